The zero-order chi connectivity index (χ0) is 15.1. The average molecular weight is 374 g/mol. The van der Waals surface area contributed by atoms with Crippen molar-refractivity contribution in [3.05, 3.63) is 67.8 Å². The Balaban J connectivity index is 1.84. The monoisotopic (exact) mass is 373 g/mol. The van der Waals surface area contributed by atoms with Crippen LogP contribution in [-0.4, -0.2) is 14.6 Å². The molecule has 0 aliphatic heterocycles. The van der Waals surface area contributed by atoms with E-state index in [9.17, 15) is 4.79 Å². The minimum absolute atomic E-state index is 0.188. The molecule has 108 valence electrons. The summed E-state index contributed by atoms with van der Waals surface area (Å²) in [5.74, 6) is 1.18. The number of hydrogen-bond donors (Lipinski definition) is 0. The van der Waals surface area contributed by atoms with E-state index in [0.29, 0.717) is 21.1 Å². The Hall–Kier alpha value is -2.25. The minimum atomic E-state index is -0.188. The number of hydrogen-bond acceptors (Lipinski definition) is 5. The van der Waals surface area contributed by atoms with Crippen molar-refractivity contribution in [2.45, 2.75) is 0 Å². The number of thiazole rings is 1. The van der Waals surface area contributed by atoms with Gasteiger partial charge in [-0.15, -0.1) is 5.10 Å². The van der Waals surface area contributed by atoms with Gasteiger partial charge in [-0.25, -0.2) is 0 Å². The zero-order valence-electron chi connectivity index (χ0n) is 11.1. The molecule has 0 aliphatic carbocycles. The molecule has 5 nitrogen and oxygen atoms in total. The Morgan fingerprint density at radius 1 is 1.23 bits per heavy atom. The fourth-order valence-corrected chi connectivity index (χ4v) is 3.21. The lowest BCUT2D eigenvalue weighted by Gasteiger charge is -1.94. The summed E-state index contributed by atoms with van der Waals surface area (Å²) in [7, 11) is 0. The van der Waals surface area contributed by atoms with Crippen molar-refractivity contribution in [2.75, 3.05) is 0 Å². The smallest absolute Gasteiger partial charge is 0.291 e. The number of rotatable bonds is 2. The van der Waals surface area contributed by atoms with Gasteiger partial charge >= 0.3 is 0 Å². The summed E-state index contributed by atoms with van der Waals surface area (Å²) < 4.78 is 8.09. The third kappa shape index (κ3) is 2.28. The molecule has 4 aromatic rings. The van der Waals surface area contributed by atoms with Gasteiger partial charge in [0, 0.05) is 16.1 Å². The first-order chi connectivity index (χ1) is 10.7. The molecule has 0 radical (unpaired) electrons. The third-order valence-electron chi connectivity index (χ3n) is 3.10. The largest absolute Gasteiger partial charge is 0.465 e. The zero-order valence-corrected chi connectivity index (χ0v) is 13.5. The average Bonchev–Trinajstić information content (AvgIpc) is 3.21. The van der Waals surface area contributed by atoms with Gasteiger partial charge in [-0.1, -0.05) is 39.4 Å². The summed E-state index contributed by atoms with van der Waals surface area (Å²) >= 11 is 4.68. The highest BCUT2D eigenvalue weighted by atomic mass is 79.9. The summed E-state index contributed by atoms with van der Waals surface area (Å²) in [5.41, 5.74) is 0.683. The first-order valence-electron chi connectivity index (χ1n) is 6.41. The quantitative estimate of drug-likeness (QED) is 0.541. The molecule has 0 unspecified atom stereocenters. The van der Waals surface area contributed by atoms with Gasteiger partial charge in [0.05, 0.1) is 6.26 Å². The van der Waals surface area contributed by atoms with Crippen LogP contribution >= 0.6 is 27.3 Å². The Morgan fingerprint density at radius 2 is 2.05 bits per heavy atom. The van der Waals surface area contributed by atoms with Crippen molar-refractivity contribution in [1.82, 2.24) is 14.6 Å². The van der Waals surface area contributed by atoms with E-state index in [1.807, 2.05) is 24.3 Å². The molecule has 1 aromatic carbocycles. The predicted molar refractivity (Wildman–Crippen MR) is 87.8 cm³/mol. The van der Waals surface area contributed by atoms with Crippen LogP contribution in [-0.2, 0) is 0 Å². The maximum atomic E-state index is 12.3. The van der Waals surface area contributed by atoms with Crippen LogP contribution in [0.2, 0.25) is 0 Å². The van der Waals surface area contributed by atoms with Gasteiger partial charge in [0.25, 0.3) is 5.56 Å². The molecule has 0 N–H and O–H groups in total. The van der Waals surface area contributed by atoms with E-state index < -0.39 is 0 Å². The van der Waals surface area contributed by atoms with E-state index in [-0.39, 0.29) is 5.56 Å². The van der Waals surface area contributed by atoms with E-state index in [0.717, 1.165) is 10.0 Å². The molecule has 4 rings (SSSR count). The van der Waals surface area contributed by atoms with Crippen LogP contribution in [0.15, 0.2) is 56.3 Å². The highest BCUT2D eigenvalue weighted by molar-refractivity contribution is 9.10. The number of fused-ring (bicyclic) bond motifs is 1. The molecule has 0 fully saturated rings. The normalized spacial score (nSPS) is 12.3. The number of halogens is 1. The summed E-state index contributed by atoms with van der Waals surface area (Å²) in [4.78, 5) is 17.3. The van der Waals surface area contributed by atoms with Crippen LogP contribution in [0.25, 0.3) is 22.4 Å². The van der Waals surface area contributed by atoms with Crippen LogP contribution in [0.4, 0.5) is 0 Å². The number of furan rings is 1. The van der Waals surface area contributed by atoms with E-state index in [1.165, 1.54) is 15.9 Å². The van der Waals surface area contributed by atoms with Gasteiger partial charge in [-0.05, 0) is 24.3 Å². The highest BCUT2D eigenvalue weighted by Gasteiger charge is 2.12. The number of benzene rings is 1. The van der Waals surface area contributed by atoms with Gasteiger partial charge in [0.1, 0.15) is 10.3 Å². The van der Waals surface area contributed by atoms with Crippen molar-refractivity contribution in [3.8, 4) is 11.4 Å². The molecule has 0 atom stereocenters. The molecule has 3 aromatic heterocycles. The standard InChI is InChI=1S/C15H8BrN3O2S/c16-10-5-3-9(4-6-10)13-17-15-19(18-13)14(20)12(22-15)8-11-2-1-7-21-11/h1-8H. The van der Waals surface area contributed by atoms with E-state index in [4.69, 9.17) is 4.42 Å². The second kappa shape index (κ2) is 5.19. The Bertz CT molecular complexity index is 1050. The lowest BCUT2D eigenvalue weighted by molar-refractivity contribution is 0.556. The maximum Gasteiger partial charge on any atom is 0.291 e. The Morgan fingerprint density at radius 3 is 2.73 bits per heavy atom. The maximum absolute atomic E-state index is 12.3. The molecule has 0 amide bonds. The number of aromatic nitrogens is 3. The SMILES string of the molecule is O=c1c(=Cc2ccco2)sc2nc(-c3ccc(Br)cc3)nn12. The summed E-state index contributed by atoms with van der Waals surface area (Å²) in [6, 6.07) is 11.2. The van der Waals surface area contributed by atoms with Crippen molar-refractivity contribution in [1.29, 1.82) is 0 Å². The minimum Gasteiger partial charge on any atom is -0.465 e. The van der Waals surface area contributed by atoms with Gasteiger partial charge in [0.15, 0.2) is 5.82 Å². The molecule has 22 heavy (non-hydrogen) atoms. The molecule has 0 saturated heterocycles. The molecular formula is C15H8BrN3O2S. The van der Waals surface area contributed by atoms with Crippen LogP contribution in [0.3, 0.4) is 0 Å². The van der Waals surface area contributed by atoms with Crippen LogP contribution in [0.1, 0.15) is 5.76 Å². The first kappa shape index (κ1) is 13.4. The van der Waals surface area contributed by atoms with Gasteiger partial charge in [0.2, 0.25) is 4.96 Å². The summed E-state index contributed by atoms with van der Waals surface area (Å²) in [5, 5.41) is 4.30. The molecule has 7 heteroatoms. The molecule has 3 heterocycles. The van der Waals surface area contributed by atoms with Gasteiger partial charge < -0.3 is 4.42 Å². The van der Waals surface area contributed by atoms with E-state index in [1.54, 1.807) is 24.5 Å². The fourth-order valence-electron chi connectivity index (χ4n) is 2.06. The van der Waals surface area contributed by atoms with Crippen molar-refractivity contribution < 1.29 is 4.42 Å². The van der Waals surface area contributed by atoms with Gasteiger partial charge in [-0.2, -0.15) is 9.50 Å². The van der Waals surface area contributed by atoms with Crippen LogP contribution < -0.4 is 10.1 Å². The summed E-state index contributed by atoms with van der Waals surface area (Å²) in [6.45, 7) is 0. The second-order valence-electron chi connectivity index (χ2n) is 4.57. The van der Waals surface area contributed by atoms with Crippen molar-refractivity contribution in [2.24, 2.45) is 0 Å². The topological polar surface area (TPSA) is 60.4 Å². The molecular weight excluding hydrogens is 366 g/mol. The molecule has 0 aliphatic rings. The fraction of sp³-hybridized carbons (Fsp3) is 0. The molecule has 0 spiro atoms. The number of nitrogens with zero attached hydrogens (tertiary/aromatic N) is 3. The second-order valence-corrected chi connectivity index (χ2v) is 6.49. The first-order valence-corrected chi connectivity index (χ1v) is 8.02. The predicted octanol–water partition coefficient (Wildman–Crippen LogP) is 2.72. The Kier molecular flexibility index (Phi) is 3.16. The van der Waals surface area contributed by atoms with Crippen molar-refractivity contribution >= 4 is 38.3 Å². The van der Waals surface area contributed by atoms with Crippen LogP contribution in [0.5, 0.6) is 0 Å². The van der Waals surface area contributed by atoms with E-state index >= 15 is 0 Å². The van der Waals surface area contributed by atoms with Gasteiger partial charge in [-0.3, -0.25) is 4.79 Å². The molecule has 0 saturated carbocycles. The lowest BCUT2D eigenvalue weighted by atomic mass is 10.2. The van der Waals surface area contributed by atoms with Crippen molar-refractivity contribution in [3.63, 3.8) is 0 Å². The van der Waals surface area contributed by atoms with E-state index in [2.05, 4.69) is 26.0 Å². The lowest BCUT2D eigenvalue weighted by Crippen LogP contribution is -2.23. The van der Waals surface area contributed by atoms with Crippen LogP contribution in [0, 0.1) is 0 Å². The third-order valence-corrected chi connectivity index (χ3v) is 4.59. The Labute approximate surface area is 136 Å². The molecule has 0 bridgehead atoms. The summed E-state index contributed by atoms with van der Waals surface area (Å²) in [6.07, 6.45) is 3.27. The highest BCUT2D eigenvalue weighted by Crippen LogP contribution is 2.19.